The lowest BCUT2D eigenvalue weighted by atomic mass is 9.64. The van der Waals surface area contributed by atoms with E-state index in [9.17, 15) is 0 Å². The highest BCUT2D eigenvalue weighted by Gasteiger charge is 2.42. The number of allylic oxidation sites excluding steroid dienone is 8. The molecule has 0 spiro atoms. The van der Waals surface area contributed by atoms with E-state index >= 15 is 0 Å². The van der Waals surface area contributed by atoms with Crippen LogP contribution in [0.5, 0.6) is 0 Å². The summed E-state index contributed by atoms with van der Waals surface area (Å²) >= 11 is 0. The fourth-order valence-electron chi connectivity index (χ4n) is 11.9. The van der Waals surface area contributed by atoms with Gasteiger partial charge in [-0.3, -0.25) is 0 Å². The van der Waals surface area contributed by atoms with Crippen LogP contribution in [0.3, 0.4) is 0 Å². The first kappa shape index (κ1) is 44.2. The molecular formula is C66H64N2O2. The Kier molecular flexibility index (Phi) is 10.3. The van der Waals surface area contributed by atoms with Crippen LogP contribution >= 0.6 is 0 Å². The summed E-state index contributed by atoms with van der Waals surface area (Å²) in [6.07, 6.45) is 20.0. The summed E-state index contributed by atoms with van der Waals surface area (Å²) in [4.78, 5) is 5.08. The van der Waals surface area contributed by atoms with Crippen LogP contribution in [0.1, 0.15) is 94.2 Å². The lowest BCUT2D eigenvalue weighted by Gasteiger charge is -2.45. The second kappa shape index (κ2) is 16.3. The summed E-state index contributed by atoms with van der Waals surface area (Å²) in [6, 6.07) is 40.7. The highest BCUT2D eigenvalue weighted by Crippen LogP contribution is 2.54. The molecule has 3 atom stereocenters. The number of anilines is 4. The van der Waals surface area contributed by atoms with Crippen LogP contribution in [0.25, 0.3) is 43.9 Å². The molecule has 4 aliphatic rings. The highest BCUT2D eigenvalue weighted by molar-refractivity contribution is 6.12. The fraction of sp³-hybridized carbons (Fsp3) is 0.273. The quantitative estimate of drug-likeness (QED) is 0.137. The lowest BCUT2D eigenvalue weighted by Crippen LogP contribution is -2.39. The third-order valence-corrected chi connectivity index (χ3v) is 17.1. The molecular weight excluding hydrogens is 853 g/mol. The van der Waals surface area contributed by atoms with Crippen LogP contribution < -0.4 is 9.80 Å². The molecule has 0 N–H and O–H groups in total. The topological polar surface area (TPSA) is 32.8 Å². The zero-order valence-electron chi connectivity index (χ0n) is 42.5. The summed E-state index contributed by atoms with van der Waals surface area (Å²) < 4.78 is 14.4. The molecule has 0 fully saturated rings. The predicted octanol–water partition coefficient (Wildman–Crippen LogP) is 18.3. The van der Waals surface area contributed by atoms with Crippen LogP contribution in [-0.2, 0) is 10.8 Å². The van der Waals surface area contributed by atoms with E-state index in [4.69, 9.17) is 8.83 Å². The maximum atomic E-state index is 7.21. The van der Waals surface area contributed by atoms with Crippen LogP contribution in [0.15, 0.2) is 189 Å². The van der Waals surface area contributed by atoms with Gasteiger partial charge in [0.05, 0.1) is 17.4 Å². The molecule has 4 aliphatic carbocycles. The number of rotatable bonds is 10. The smallest absolute Gasteiger partial charge is 0.159 e. The second-order valence-electron chi connectivity index (χ2n) is 21.8. The average molecular weight is 917 g/mol. The molecule has 0 saturated carbocycles. The van der Waals surface area contributed by atoms with Crippen molar-refractivity contribution in [3.8, 4) is 0 Å². The number of hydrogen-bond acceptors (Lipinski definition) is 4. The average Bonchev–Trinajstić information content (AvgIpc) is 3.96. The Bertz CT molecular complexity index is 3680. The molecule has 0 radical (unpaired) electrons. The molecule has 0 bridgehead atoms. The molecule has 4 nitrogen and oxygen atoms in total. The first-order chi connectivity index (χ1) is 33.8. The molecule has 4 heteroatoms. The third-order valence-electron chi connectivity index (χ3n) is 17.1. The molecule has 0 amide bonds. The number of para-hydroxylation sites is 4. The molecule has 8 aromatic rings. The zero-order chi connectivity index (χ0) is 48.4. The Morgan fingerprint density at radius 1 is 0.529 bits per heavy atom. The number of furan rings is 2. The molecule has 3 unspecified atom stereocenters. The number of hydrogen-bond donors (Lipinski definition) is 0. The van der Waals surface area contributed by atoms with Crippen molar-refractivity contribution >= 4 is 66.6 Å². The van der Waals surface area contributed by atoms with Crippen LogP contribution in [0.4, 0.5) is 22.7 Å². The van der Waals surface area contributed by atoms with Gasteiger partial charge in [-0.2, -0.15) is 0 Å². The van der Waals surface area contributed by atoms with E-state index in [1.165, 1.54) is 72.4 Å². The van der Waals surface area contributed by atoms with Gasteiger partial charge in [0.15, 0.2) is 11.2 Å². The van der Waals surface area contributed by atoms with Gasteiger partial charge in [0.1, 0.15) is 11.2 Å². The summed E-state index contributed by atoms with van der Waals surface area (Å²) in [6.45, 7) is 22.7. The maximum Gasteiger partial charge on any atom is 0.159 e. The SMILES string of the molecule is CCC(C)(C)c1cccc2c1oc1c(N(C3=C4C=CC5=CCC(N(c6ccc(C)c(C)c6)c6cccc7c6oc6c(C(C)(C)CC)cccc67)C6=C5C4C(C=C6)C=C3)c3ccc(C)c(C)c3)cccc12. The number of fused-ring (bicyclic) bond motifs is 6. The van der Waals surface area contributed by atoms with Gasteiger partial charge >= 0.3 is 0 Å². The summed E-state index contributed by atoms with van der Waals surface area (Å²) in [5.74, 6) is 0.337. The molecule has 2 heterocycles. The van der Waals surface area contributed by atoms with E-state index in [2.05, 4.69) is 231 Å². The van der Waals surface area contributed by atoms with E-state index in [0.29, 0.717) is 0 Å². The van der Waals surface area contributed by atoms with Gasteiger partial charge in [0, 0.05) is 61.6 Å². The Labute approximate surface area is 413 Å². The van der Waals surface area contributed by atoms with E-state index in [0.717, 1.165) is 74.8 Å². The van der Waals surface area contributed by atoms with Gasteiger partial charge in [-0.15, -0.1) is 0 Å². The van der Waals surface area contributed by atoms with Crippen molar-refractivity contribution in [1.82, 2.24) is 0 Å². The van der Waals surface area contributed by atoms with E-state index in [1.807, 2.05) is 0 Å². The first-order valence-electron chi connectivity index (χ1n) is 25.6. The number of nitrogens with zero attached hydrogens (tertiary/aromatic N) is 2. The Hall–Kier alpha value is -7.04. The molecule has 70 heavy (non-hydrogen) atoms. The van der Waals surface area contributed by atoms with Gasteiger partial charge in [-0.25, -0.2) is 0 Å². The second-order valence-corrected chi connectivity index (χ2v) is 21.8. The van der Waals surface area contributed by atoms with Gasteiger partial charge in [-0.1, -0.05) is 151 Å². The Morgan fingerprint density at radius 3 is 1.66 bits per heavy atom. The summed E-state index contributed by atoms with van der Waals surface area (Å²) in [5, 5.41) is 4.63. The minimum atomic E-state index is -0.0370. The number of aryl methyl sites for hydroxylation is 4. The maximum absolute atomic E-state index is 7.21. The van der Waals surface area contributed by atoms with Gasteiger partial charge < -0.3 is 18.6 Å². The van der Waals surface area contributed by atoms with Crippen molar-refractivity contribution in [3.05, 3.63) is 213 Å². The Morgan fingerprint density at radius 2 is 1.06 bits per heavy atom. The fourth-order valence-corrected chi connectivity index (χ4v) is 11.9. The number of benzene rings is 6. The molecule has 350 valence electrons. The third kappa shape index (κ3) is 6.69. The van der Waals surface area contributed by atoms with Gasteiger partial charge in [0.2, 0.25) is 0 Å². The van der Waals surface area contributed by atoms with E-state index in [-0.39, 0.29) is 28.7 Å². The van der Waals surface area contributed by atoms with Gasteiger partial charge in [0.25, 0.3) is 0 Å². The lowest BCUT2D eigenvalue weighted by molar-refractivity contribution is 0.500. The molecule has 12 rings (SSSR count). The monoisotopic (exact) mass is 916 g/mol. The molecule has 0 aliphatic heterocycles. The van der Waals surface area contributed by atoms with Crippen molar-refractivity contribution in [2.75, 3.05) is 9.80 Å². The largest absolute Gasteiger partial charge is 0.454 e. The van der Waals surface area contributed by atoms with Crippen molar-refractivity contribution < 1.29 is 8.83 Å². The first-order valence-corrected chi connectivity index (χ1v) is 25.6. The van der Waals surface area contributed by atoms with Crippen molar-refractivity contribution in [1.29, 1.82) is 0 Å². The van der Waals surface area contributed by atoms with Crippen LogP contribution in [-0.4, -0.2) is 6.04 Å². The van der Waals surface area contributed by atoms with E-state index < -0.39 is 0 Å². The van der Waals surface area contributed by atoms with Crippen LogP contribution in [0.2, 0.25) is 0 Å². The summed E-state index contributed by atoms with van der Waals surface area (Å²) in [5.41, 5.74) is 22.4. The molecule has 6 aromatic carbocycles. The molecule has 0 saturated heterocycles. The van der Waals surface area contributed by atoms with Crippen molar-refractivity contribution in [3.63, 3.8) is 0 Å². The predicted molar refractivity (Wildman–Crippen MR) is 295 cm³/mol. The van der Waals surface area contributed by atoms with Crippen molar-refractivity contribution in [2.24, 2.45) is 11.8 Å². The van der Waals surface area contributed by atoms with Gasteiger partial charge in [-0.05, 0) is 145 Å². The van der Waals surface area contributed by atoms with E-state index in [1.54, 1.807) is 0 Å². The van der Waals surface area contributed by atoms with Crippen LogP contribution in [0, 0.1) is 39.5 Å². The summed E-state index contributed by atoms with van der Waals surface area (Å²) in [7, 11) is 0. The minimum Gasteiger partial charge on any atom is -0.454 e. The standard InChI is InChI=1S/C66H64N2O2/c1-11-65(7,8)53-21-13-17-47-49-19-15-23-57(63(49)69-61(47)53)67(45-31-25-39(3)41(5)37-45)55-35-29-43-28-34-52-56(36-30-44-27-33-51(55)59(43)60(44)52)68(46-32-26-40(4)42(6)38-46)58-24-16-20-50-48-18-14-22-54(66(9,10)12-2)62(48)70-64(50)58/h13-35,37-38,43,56,59H,11-12,36H2,1-10H3. The minimum absolute atomic E-state index is 0.0206. The zero-order valence-corrected chi connectivity index (χ0v) is 42.5. The Balaban J connectivity index is 1.06. The van der Waals surface area contributed by atoms with Crippen molar-refractivity contribution in [2.45, 2.75) is 105 Å². The highest BCUT2D eigenvalue weighted by atomic mass is 16.3. The normalized spacial score (nSPS) is 18.7. The molecule has 2 aromatic heterocycles.